The molecule has 1 heterocycles. The minimum atomic E-state index is 0.275. The third-order valence-corrected chi connectivity index (χ3v) is 4.60. The normalized spacial score (nSPS) is 19.7. The summed E-state index contributed by atoms with van der Waals surface area (Å²) in [7, 11) is 0. The number of fused-ring (bicyclic) bond motifs is 1. The smallest absolute Gasteiger partial charge is 0.142 e. The molecule has 0 radical (unpaired) electrons. The fraction of sp³-hybridized carbons (Fsp3) is 0.571. The first kappa shape index (κ1) is 15.3. The Morgan fingerprint density at radius 3 is 2.95 bits per heavy atom. The predicted molar refractivity (Wildman–Crippen MR) is 84.9 cm³/mol. The van der Waals surface area contributed by atoms with Crippen molar-refractivity contribution in [3.05, 3.63) is 27.7 Å². The zero-order valence-electron chi connectivity index (χ0n) is 11.2. The first-order valence-corrected chi connectivity index (χ1v) is 8.67. The van der Waals surface area contributed by atoms with E-state index in [1.54, 1.807) is 6.07 Å². The molecule has 0 amide bonds. The van der Waals surface area contributed by atoms with Crippen LogP contribution in [0, 0.1) is 0 Å². The van der Waals surface area contributed by atoms with E-state index < -0.39 is 0 Å². The maximum atomic E-state index is 6.20. The summed E-state index contributed by atoms with van der Waals surface area (Å²) in [5.41, 5.74) is 1.09. The summed E-state index contributed by atoms with van der Waals surface area (Å²) in [4.78, 5) is 0. The second-order valence-electron chi connectivity index (χ2n) is 4.72. The Morgan fingerprint density at radius 1 is 1.47 bits per heavy atom. The fourth-order valence-corrected chi connectivity index (χ4v) is 3.67. The van der Waals surface area contributed by atoms with Crippen LogP contribution in [0.4, 0.5) is 0 Å². The van der Waals surface area contributed by atoms with Crippen LogP contribution in [-0.4, -0.2) is 24.7 Å². The number of nitrogens with one attached hydrogen (secondary N) is 1. The average molecular weight is 320 g/mol. The van der Waals surface area contributed by atoms with Gasteiger partial charge in [0.2, 0.25) is 0 Å². The molecule has 0 aliphatic carbocycles. The Hall–Kier alpha value is -0.0900. The van der Waals surface area contributed by atoms with Crippen molar-refractivity contribution in [1.29, 1.82) is 0 Å². The number of thioether (sulfide) groups is 1. The number of halogens is 2. The molecule has 1 aliphatic heterocycles. The molecule has 2 nitrogen and oxygen atoms in total. The van der Waals surface area contributed by atoms with Crippen molar-refractivity contribution in [2.75, 3.05) is 18.6 Å². The lowest BCUT2D eigenvalue weighted by atomic mass is 9.99. The molecule has 0 aromatic heterocycles. The van der Waals surface area contributed by atoms with Crippen LogP contribution in [0.2, 0.25) is 10.0 Å². The van der Waals surface area contributed by atoms with E-state index in [1.165, 1.54) is 0 Å². The standard InChI is InChI=1S/C14H19Cl2NOS/c1-3-10(8-19-2)17-13-4-5-18-14-11(13)6-9(15)7-12(14)16/h6-7,10,13,17H,3-5,8H2,1-2H3. The van der Waals surface area contributed by atoms with Gasteiger partial charge in [-0.05, 0) is 24.8 Å². The summed E-state index contributed by atoms with van der Waals surface area (Å²) in [6.07, 6.45) is 4.20. The highest BCUT2D eigenvalue weighted by Crippen LogP contribution is 2.40. The van der Waals surface area contributed by atoms with E-state index in [0.29, 0.717) is 22.7 Å². The van der Waals surface area contributed by atoms with Crippen molar-refractivity contribution >= 4 is 35.0 Å². The highest BCUT2D eigenvalue weighted by molar-refractivity contribution is 7.98. The average Bonchev–Trinajstić information content (AvgIpc) is 2.39. The van der Waals surface area contributed by atoms with Crippen molar-refractivity contribution < 1.29 is 4.74 Å². The molecule has 2 atom stereocenters. The lowest BCUT2D eigenvalue weighted by Crippen LogP contribution is -2.36. The molecule has 1 aromatic rings. The summed E-state index contributed by atoms with van der Waals surface area (Å²) in [5, 5.41) is 4.97. The van der Waals surface area contributed by atoms with Crippen molar-refractivity contribution in [2.45, 2.75) is 31.8 Å². The van der Waals surface area contributed by atoms with E-state index in [-0.39, 0.29) is 6.04 Å². The van der Waals surface area contributed by atoms with Crippen LogP contribution in [-0.2, 0) is 0 Å². The summed E-state index contributed by atoms with van der Waals surface area (Å²) in [6.45, 7) is 2.90. The van der Waals surface area contributed by atoms with E-state index in [4.69, 9.17) is 27.9 Å². The van der Waals surface area contributed by atoms with Crippen LogP contribution in [0.1, 0.15) is 31.4 Å². The maximum Gasteiger partial charge on any atom is 0.142 e. The van der Waals surface area contributed by atoms with E-state index in [2.05, 4.69) is 18.5 Å². The fourth-order valence-electron chi connectivity index (χ4n) is 2.37. The minimum absolute atomic E-state index is 0.275. The summed E-state index contributed by atoms with van der Waals surface area (Å²) >= 11 is 14.2. The van der Waals surface area contributed by atoms with Crippen LogP contribution < -0.4 is 10.1 Å². The molecule has 1 N–H and O–H groups in total. The number of hydrogen-bond acceptors (Lipinski definition) is 3. The van der Waals surface area contributed by atoms with Crippen molar-refractivity contribution in [2.24, 2.45) is 0 Å². The lowest BCUT2D eigenvalue weighted by molar-refractivity contribution is 0.245. The van der Waals surface area contributed by atoms with Gasteiger partial charge in [0, 0.05) is 34.8 Å². The van der Waals surface area contributed by atoms with Gasteiger partial charge in [-0.2, -0.15) is 11.8 Å². The van der Waals surface area contributed by atoms with Gasteiger partial charge in [-0.15, -0.1) is 0 Å². The van der Waals surface area contributed by atoms with Gasteiger partial charge < -0.3 is 10.1 Å². The molecule has 0 bridgehead atoms. The monoisotopic (exact) mass is 319 g/mol. The quantitative estimate of drug-likeness (QED) is 0.860. The Kier molecular flexibility index (Phi) is 5.70. The minimum Gasteiger partial charge on any atom is -0.492 e. The highest BCUT2D eigenvalue weighted by Gasteiger charge is 2.25. The van der Waals surface area contributed by atoms with Gasteiger partial charge in [-0.25, -0.2) is 0 Å². The van der Waals surface area contributed by atoms with Crippen LogP contribution in [0.3, 0.4) is 0 Å². The van der Waals surface area contributed by atoms with E-state index >= 15 is 0 Å². The Morgan fingerprint density at radius 2 is 2.26 bits per heavy atom. The Bertz CT molecular complexity index is 442. The van der Waals surface area contributed by atoms with Crippen molar-refractivity contribution in [1.82, 2.24) is 5.32 Å². The van der Waals surface area contributed by atoms with Gasteiger partial charge in [0.1, 0.15) is 5.75 Å². The molecular formula is C14H19Cl2NOS. The predicted octanol–water partition coefficient (Wildman–Crippen LogP) is 4.55. The molecule has 0 fully saturated rings. The van der Waals surface area contributed by atoms with Gasteiger partial charge in [-0.1, -0.05) is 30.1 Å². The van der Waals surface area contributed by atoms with E-state index in [1.807, 2.05) is 17.8 Å². The number of rotatable bonds is 5. The van der Waals surface area contributed by atoms with Crippen LogP contribution in [0.25, 0.3) is 0 Å². The van der Waals surface area contributed by atoms with Gasteiger partial charge in [0.15, 0.2) is 0 Å². The summed E-state index contributed by atoms with van der Waals surface area (Å²) in [6, 6.07) is 4.48. The Labute approximate surface area is 129 Å². The molecule has 19 heavy (non-hydrogen) atoms. The van der Waals surface area contributed by atoms with Crippen LogP contribution in [0.5, 0.6) is 5.75 Å². The van der Waals surface area contributed by atoms with Gasteiger partial charge in [0.25, 0.3) is 0 Å². The summed E-state index contributed by atoms with van der Waals surface area (Å²) in [5.74, 6) is 1.89. The molecule has 0 spiro atoms. The number of benzene rings is 1. The molecule has 2 unspecified atom stereocenters. The maximum absolute atomic E-state index is 6.20. The van der Waals surface area contributed by atoms with E-state index in [0.717, 1.165) is 29.9 Å². The zero-order valence-corrected chi connectivity index (χ0v) is 13.5. The second kappa shape index (κ2) is 7.07. The van der Waals surface area contributed by atoms with Crippen LogP contribution in [0.15, 0.2) is 12.1 Å². The molecule has 1 aromatic carbocycles. The zero-order chi connectivity index (χ0) is 13.8. The van der Waals surface area contributed by atoms with Gasteiger partial charge in [0.05, 0.1) is 11.6 Å². The molecule has 1 aliphatic rings. The first-order chi connectivity index (χ1) is 9.15. The molecule has 5 heteroatoms. The third-order valence-electron chi connectivity index (χ3n) is 3.36. The molecule has 106 valence electrons. The van der Waals surface area contributed by atoms with Crippen molar-refractivity contribution in [3.8, 4) is 5.75 Å². The number of hydrogen-bond donors (Lipinski definition) is 1. The molecule has 2 rings (SSSR count). The third kappa shape index (κ3) is 3.72. The van der Waals surface area contributed by atoms with Crippen LogP contribution >= 0.6 is 35.0 Å². The largest absolute Gasteiger partial charge is 0.492 e. The van der Waals surface area contributed by atoms with Gasteiger partial charge >= 0.3 is 0 Å². The second-order valence-corrected chi connectivity index (χ2v) is 6.48. The number of ether oxygens (including phenoxy) is 1. The molecule has 0 saturated heterocycles. The van der Waals surface area contributed by atoms with E-state index in [9.17, 15) is 0 Å². The van der Waals surface area contributed by atoms with Crippen molar-refractivity contribution in [3.63, 3.8) is 0 Å². The topological polar surface area (TPSA) is 21.3 Å². The molecular weight excluding hydrogens is 301 g/mol. The first-order valence-electron chi connectivity index (χ1n) is 6.52. The summed E-state index contributed by atoms with van der Waals surface area (Å²) < 4.78 is 5.68. The highest BCUT2D eigenvalue weighted by atomic mass is 35.5. The molecule has 0 saturated carbocycles. The Balaban J connectivity index is 2.21. The van der Waals surface area contributed by atoms with Gasteiger partial charge in [-0.3, -0.25) is 0 Å². The SMILES string of the molecule is CCC(CSC)NC1CCOc2c(Cl)cc(Cl)cc21. The lowest BCUT2D eigenvalue weighted by Gasteiger charge is -2.30.